The molecule has 1 aliphatic carbocycles. The van der Waals surface area contributed by atoms with Gasteiger partial charge in [-0.15, -0.1) is 0 Å². The Bertz CT molecular complexity index is 2170. The number of hydrogen-bond donors (Lipinski definition) is 4. The molecule has 1 aromatic heterocycles. The zero-order chi connectivity index (χ0) is 43.7. The van der Waals surface area contributed by atoms with Gasteiger partial charge in [-0.2, -0.15) is 13.2 Å². The second-order valence-corrected chi connectivity index (χ2v) is 15.0. The molecule has 1 saturated heterocycles. The first kappa shape index (κ1) is 45.6. The lowest BCUT2D eigenvalue weighted by atomic mass is 9.93. The topological polar surface area (TPSA) is 161 Å². The highest BCUT2D eigenvalue weighted by Crippen LogP contribution is 2.31. The number of aliphatic carboxylic acids is 2. The molecule has 4 N–H and O–H groups in total. The number of amides is 1. The lowest BCUT2D eigenvalue weighted by Gasteiger charge is -2.39. The molecule has 2 atom stereocenters. The summed E-state index contributed by atoms with van der Waals surface area (Å²) in [6.45, 7) is 5.19. The Kier molecular flexibility index (Phi) is 15.4. The molecule has 16 heteroatoms. The zero-order valence-electron chi connectivity index (χ0n) is 33.0. The molecule has 2 aliphatic rings. The van der Waals surface area contributed by atoms with Crippen molar-refractivity contribution in [2.45, 2.75) is 95.8 Å². The summed E-state index contributed by atoms with van der Waals surface area (Å²) in [7, 11) is 0. The number of carbonyl (C=O) groups is 3. The SMILES string of the molecule is CCN1CCC(N(Cc2ccc(-c3ccc(C(F)(F)F)cc3)cc2)C(=O)Cn2c(CCc3cccc(F)c3F)cc(=O)c3c2CCCC3)CC1.O=C(O)[C@H](O)[C@@H](O)C(=O)O. The maximum absolute atomic E-state index is 14.6. The van der Waals surface area contributed by atoms with Gasteiger partial charge in [0.1, 0.15) is 6.54 Å². The predicted molar refractivity (Wildman–Crippen MR) is 211 cm³/mol. The summed E-state index contributed by atoms with van der Waals surface area (Å²) in [6.07, 6.45) is -3.74. The Morgan fingerprint density at radius 2 is 1.42 bits per heavy atom. The Balaban J connectivity index is 0.000000606. The van der Waals surface area contributed by atoms with Gasteiger partial charge < -0.3 is 34.8 Å². The summed E-state index contributed by atoms with van der Waals surface area (Å²) in [5.74, 6) is -5.44. The third kappa shape index (κ3) is 11.4. The molecule has 1 fully saturated rings. The van der Waals surface area contributed by atoms with Crippen molar-refractivity contribution in [3.05, 3.63) is 128 Å². The number of piperidine rings is 1. The van der Waals surface area contributed by atoms with Crippen LogP contribution in [0.5, 0.6) is 0 Å². The number of aliphatic hydroxyl groups excluding tert-OH is 2. The zero-order valence-corrected chi connectivity index (χ0v) is 33.0. The fourth-order valence-electron chi connectivity index (χ4n) is 7.67. The molecule has 0 bridgehead atoms. The molecule has 3 aromatic carbocycles. The molecule has 0 unspecified atom stereocenters. The van der Waals surface area contributed by atoms with Gasteiger partial charge >= 0.3 is 18.1 Å². The maximum Gasteiger partial charge on any atom is 0.416 e. The van der Waals surface area contributed by atoms with Gasteiger partial charge in [0.2, 0.25) is 5.91 Å². The monoisotopic (exact) mass is 841 g/mol. The van der Waals surface area contributed by atoms with E-state index in [0.717, 1.165) is 85.9 Å². The smallest absolute Gasteiger partial charge is 0.416 e. The van der Waals surface area contributed by atoms with E-state index in [1.807, 2.05) is 33.7 Å². The van der Waals surface area contributed by atoms with E-state index >= 15 is 0 Å². The van der Waals surface area contributed by atoms with Crippen molar-refractivity contribution in [1.29, 1.82) is 0 Å². The molecule has 1 aliphatic heterocycles. The van der Waals surface area contributed by atoms with E-state index in [1.54, 1.807) is 6.07 Å². The summed E-state index contributed by atoms with van der Waals surface area (Å²) in [4.78, 5) is 51.5. The highest BCUT2D eigenvalue weighted by Gasteiger charge is 2.32. The van der Waals surface area contributed by atoms with Crippen molar-refractivity contribution in [3.63, 3.8) is 0 Å². The molecule has 11 nitrogen and oxygen atoms in total. The van der Waals surface area contributed by atoms with Crippen LogP contribution in [0.3, 0.4) is 0 Å². The Morgan fingerprint density at radius 1 is 0.833 bits per heavy atom. The molecule has 0 saturated carbocycles. The van der Waals surface area contributed by atoms with Crippen LogP contribution in [0.1, 0.15) is 66.2 Å². The van der Waals surface area contributed by atoms with Crippen molar-refractivity contribution in [1.82, 2.24) is 14.4 Å². The number of benzene rings is 3. The number of aromatic nitrogens is 1. The van der Waals surface area contributed by atoms with Gasteiger partial charge in [-0.05, 0) is 98.4 Å². The van der Waals surface area contributed by atoms with Crippen molar-refractivity contribution in [2.75, 3.05) is 19.6 Å². The van der Waals surface area contributed by atoms with E-state index in [9.17, 15) is 41.1 Å². The summed E-state index contributed by atoms with van der Waals surface area (Å²) < 4.78 is 69.7. The minimum Gasteiger partial charge on any atom is -0.479 e. The van der Waals surface area contributed by atoms with Gasteiger partial charge in [-0.1, -0.05) is 55.5 Å². The van der Waals surface area contributed by atoms with Crippen LogP contribution in [-0.2, 0) is 59.3 Å². The summed E-state index contributed by atoms with van der Waals surface area (Å²) in [6, 6.07) is 18.3. The number of carbonyl (C=O) groups excluding carboxylic acids is 1. The molecule has 60 heavy (non-hydrogen) atoms. The highest BCUT2D eigenvalue weighted by molar-refractivity contribution is 5.83. The number of carboxylic acids is 2. The number of aliphatic hydroxyl groups is 2. The lowest BCUT2D eigenvalue weighted by molar-refractivity contribution is -0.165. The number of alkyl halides is 3. The van der Waals surface area contributed by atoms with Crippen LogP contribution in [0, 0.1) is 11.6 Å². The molecule has 2 heterocycles. The largest absolute Gasteiger partial charge is 0.479 e. The number of fused-ring (bicyclic) bond motifs is 1. The van der Waals surface area contributed by atoms with Gasteiger partial charge in [0, 0.05) is 48.7 Å². The fourth-order valence-corrected chi connectivity index (χ4v) is 7.67. The number of halogens is 5. The molecular weight excluding hydrogens is 793 g/mol. The first-order valence-corrected chi connectivity index (χ1v) is 19.8. The van der Waals surface area contributed by atoms with E-state index in [0.29, 0.717) is 30.6 Å². The van der Waals surface area contributed by atoms with Crippen LogP contribution in [0.2, 0.25) is 0 Å². The van der Waals surface area contributed by atoms with E-state index < -0.39 is 47.5 Å². The quantitative estimate of drug-likeness (QED) is 0.121. The van der Waals surface area contributed by atoms with Crippen molar-refractivity contribution in [2.24, 2.45) is 0 Å². The number of pyridine rings is 1. The van der Waals surface area contributed by atoms with Crippen LogP contribution in [0.15, 0.2) is 77.6 Å². The third-order valence-corrected chi connectivity index (χ3v) is 11.1. The van der Waals surface area contributed by atoms with Crippen LogP contribution < -0.4 is 5.43 Å². The first-order chi connectivity index (χ1) is 28.5. The molecule has 1 amide bonds. The van der Waals surface area contributed by atoms with Crippen molar-refractivity contribution < 1.29 is 56.8 Å². The van der Waals surface area contributed by atoms with Gasteiger partial charge in [0.15, 0.2) is 29.3 Å². The minimum atomic E-state index is -4.40. The average Bonchev–Trinajstić information content (AvgIpc) is 3.24. The normalized spacial score (nSPS) is 15.6. The minimum absolute atomic E-state index is 0.0000582. The fraction of sp³-hybridized carbons (Fsp3) is 0.409. The lowest BCUT2D eigenvalue weighted by Crippen LogP contribution is -2.48. The number of hydrogen-bond acceptors (Lipinski definition) is 7. The Hall–Kier alpha value is -5.45. The predicted octanol–water partition coefficient (Wildman–Crippen LogP) is 5.87. The van der Waals surface area contributed by atoms with Gasteiger partial charge in [-0.25, -0.2) is 18.4 Å². The Morgan fingerprint density at radius 3 is 1.98 bits per heavy atom. The van der Waals surface area contributed by atoms with Crippen molar-refractivity contribution in [3.8, 4) is 11.1 Å². The molecule has 4 aromatic rings. The molecular formula is C44H48F5N3O8. The second kappa shape index (κ2) is 20.2. The third-order valence-electron chi connectivity index (χ3n) is 11.1. The molecule has 322 valence electrons. The van der Waals surface area contributed by atoms with Gasteiger partial charge in [0.05, 0.1) is 5.56 Å². The number of aryl methyl sites for hydroxylation is 2. The average molecular weight is 842 g/mol. The van der Waals surface area contributed by atoms with Crippen molar-refractivity contribution >= 4 is 17.8 Å². The molecule has 0 radical (unpaired) electrons. The van der Waals surface area contributed by atoms with E-state index in [1.165, 1.54) is 24.3 Å². The number of carboxylic acid groups (broad SMARTS) is 2. The number of nitrogens with zero attached hydrogens (tertiary/aromatic N) is 3. The van der Waals surface area contributed by atoms with Gasteiger partial charge in [-0.3, -0.25) is 9.59 Å². The second-order valence-electron chi connectivity index (χ2n) is 15.0. The van der Waals surface area contributed by atoms with Crippen LogP contribution in [0.25, 0.3) is 11.1 Å². The summed E-state index contributed by atoms with van der Waals surface area (Å²) in [5.41, 5.74) is 4.00. The van der Waals surface area contributed by atoms with Gasteiger partial charge in [0.25, 0.3) is 0 Å². The maximum atomic E-state index is 14.6. The molecule has 0 spiro atoms. The van der Waals surface area contributed by atoms with E-state index in [2.05, 4.69) is 11.8 Å². The summed E-state index contributed by atoms with van der Waals surface area (Å²) in [5, 5.41) is 32.5. The van der Waals surface area contributed by atoms with E-state index in [4.69, 9.17) is 20.4 Å². The highest BCUT2D eigenvalue weighted by atomic mass is 19.4. The summed E-state index contributed by atoms with van der Waals surface area (Å²) >= 11 is 0. The van der Waals surface area contributed by atoms with E-state index in [-0.39, 0.29) is 42.3 Å². The number of likely N-dealkylation sites (tertiary alicyclic amines) is 1. The standard InChI is InChI=1S/C40H42F5N3O2.C4H6O6/c1-2-46-22-20-32(21-23-46)48(25-27-10-12-28(13-11-27)29-14-17-31(18-15-29)40(43,44)45)38(50)26-47-33(19-16-30-6-5-8-35(41)39(30)42)24-37(49)34-7-3-4-9-36(34)47;5-1(3(7)8)2(6)4(9)10/h5-6,8,10-15,17-18,24,32H,2-4,7,9,16,19-23,25-26H2,1H3;1-2,5-6H,(H,7,8)(H,9,10)/t;1-,2-/m.1/s1. The number of rotatable bonds is 13. The Labute approximate surface area is 343 Å². The first-order valence-electron chi connectivity index (χ1n) is 19.8. The van der Waals surface area contributed by atoms with Crippen LogP contribution >= 0.6 is 0 Å². The molecule has 6 rings (SSSR count). The van der Waals surface area contributed by atoms with Crippen LogP contribution in [-0.4, -0.2) is 90.5 Å². The van der Waals surface area contributed by atoms with Crippen LogP contribution in [0.4, 0.5) is 22.0 Å².